The molecular formula is C45H54N4O11. The first kappa shape index (κ1) is 42.6. The number of aliphatic hydroxyl groups is 3. The molecule has 15 heteroatoms. The van der Waals surface area contributed by atoms with E-state index in [1.54, 1.807) is 32.1 Å². The molecule has 4 bridgehead atoms. The van der Waals surface area contributed by atoms with Crippen molar-refractivity contribution in [2.24, 2.45) is 23.5 Å². The van der Waals surface area contributed by atoms with Crippen LogP contribution >= 0.6 is 0 Å². The molecule has 4 aromatic rings. The number of benzene rings is 3. The van der Waals surface area contributed by atoms with Gasteiger partial charge in [0.05, 0.1) is 35.2 Å². The number of hydrogen-bond acceptors (Lipinski definition) is 14. The lowest BCUT2D eigenvalue weighted by atomic mass is 9.86. The van der Waals surface area contributed by atoms with Crippen molar-refractivity contribution in [3.05, 3.63) is 79.5 Å². The Morgan fingerprint density at radius 3 is 2.42 bits per heavy atom. The molecule has 3 aliphatic rings. The Bertz CT molecular complexity index is 2630. The molecule has 0 radical (unpaired) electrons. The molecule has 3 aliphatic heterocycles. The number of anilines is 2. The first-order valence-corrected chi connectivity index (χ1v) is 20.4. The van der Waals surface area contributed by atoms with E-state index in [2.05, 4.69) is 5.32 Å². The van der Waals surface area contributed by atoms with E-state index in [9.17, 15) is 34.8 Å². The number of amides is 1. The number of nitrogens with two attached hydrogens (primary N) is 1. The summed E-state index contributed by atoms with van der Waals surface area (Å²) in [6.45, 7) is 11.5. The topological polar surface area (TPSA) is 227 Å². The monoisotopic (exact) mass is 826 g/mol. The Balaban J connectivity index is 1.49. The Hall–Kier alpha value is -5.48. The molecule has 0 aliphatic carbocycles. The van der Waals surface area contributed by atoms with Gasteiger partial charge in [-0.2, -0.15) is 0 Å². The zero-order valence-corrected chi connectivity index (χ0v) is 34.9. The van der Waals surface area contributed by atoms with Crippen LogP contribution in [0.25, 0.3) is 38.7 Å². The predicted molar refractivity (Wildman–Crippen MR) is 229 cm³/mol. The number of hydrogen-bond donors (Lipinski definition) is 6. The summed E-state index contributed by atoms with van der Waals surface area (Å²) < 4.78 is 24.4. The summed E-state index contributed by atoms with van der Waals surface area (Å²) in [5.41, 5.74) is 5.07. The Labute approximate surface area is 346 Å². The highest BCUT2D eigenvalue weighted by atomic mass is 16.7. The lowest BCUT2D eigenvalue weighted by Gasteiger charge is -2.31. The number of aliphatic hydroxyl groups excluding tert-OH is 3. The maximum absolute atomic E-state index is 14.7. The standard InChI is InChI=1S/C45H54N4O11/c1-21-9-8-10-23(3)44(56)48-37-40(54)33-32(36-42(37)59-31-20-27(19-28(50)35(31)47-36)49-14-11-26(46)12-15-49)34-41(25(5)39(33)53)60-45(6,43(34)55)58-16-13-30(57-7)24(4)38(52)29(51)18-22(2)17-21/h8-10,13,16,19-22,24,26,29-30,38,51-53,55H,11-12,14-15,17-18,46H2,1-7H3,(H,48,56)/b9-8+,16-13+,23-10-/t21-,22+,24+,29+,30-,38+,45-/m0/s1. The molecule has 4 heterocycles. The molecule has 0 spiro atoms. The number of piperidine rings is 1. The van der Waals surface area contributed by atoms with Gasteiger partial charge in [0.25, 0.3) is 5.91 Å². The van der Waals surface area contributed by atoms with Crippen LogP contribution in [0.15, 0.2) is 62.3 Å². The van der Waals surface area contributed by atoms with Crippen LogP contribution in [-0.2, 0) is 14.3 Å². The van der Waals surface area contributed by atoms with Crippen molar-refractivity contribution >= 4 is 56.0 Å². The van der Waals surface area contributed by atoms with E-state index in [-0.39, 0.29) is 78.6 Å². The highest BCUT2D eigenvalue weighted by molar-refractivity contribution is 6.16. The van der Waals surface area contributed by atoms with Gasteiger partial charge in [-0.05, 0) is 57.4 Å². The fourth-order valence-corrected chi connectivity index (χ4v) is 8.60. The third-order valence-corrected chi connectivity index (χ3v) is 12.2. The minimum absolute atomic E-state index is 0.0246. The van der Waals surface area contributed by atoms with E-state index in [0.717, 1.165) is 12.8 Å². The smallest absolute Gasteiger partial charge is 0.307 e. The lowest BCUT2D eigenvalue weighted by molar-refractivity contribution is -0.112. The van der Waals surface area contributed by atoms with Crippen LogP contribution in [0.4, 0.5) is 11.4 Å². The average molecular weight is 827 g/mol. The maximum atomic E-state index is 14.7. The molecule has 0 saturated carbocycles. The lowest BCUT2D eigenvalue weighted by Crippen LogP contribution is -2.39. The van der Waals surface area contributed by atoms with Crippen LogP contribution in [0, 0.1) is 24.7 Å². The molecule has 15 nitrogen and oxygen atoms in total. The van der Waals surface area contributed by atoms with Gasteiger partial charge in [-0.15, -0.1) is 0 Å². The Morgan fingerprint density at radius 1 is 1.00 bits per heavy atom. The molecule has 1 saturated heterocycles. The van der Waals surface area contributed by atoms with Gasteiger partial charge in [-0.25, -0.2) is 4.98 Å². The summed E-state index contributed by atoms with van der Waals surface area (Å²) >= 11 is 0. The number of phenols is 1. The van der Waals surface area contributed by atoms with E-state index in [4.69, 9.17) is 29.3 Å². The second kappa shape index (κ2) is 16.5. The van der Waals surface area contributed by atoms with E-state index in [1.165, 1.54) is 39.4 Å². The van der Waals surface area contributed by atoms with Gasteiger partial charge in [0.1, 0.15) is 22.7 Å². The van der Waals surface area contributed by atoms with Gasteiger partial charge in [0.2, 0.25) is 10.9 Å². The molecule has 0 unspecified atom stereocenters. The number of nitrogens with one attached hydrogen (secondary N) is 1. The molecule has 7 N–H and O–H groups in total. The number of phenolic OH excluding ortho intramolecular Hbond substituents is 1. The van der Waals surface area contributed by atoms with Crippen LogP contribution in [0.1, 0.15) is 65.9 Å². The summed E-state index contributed by atoms with van der Waals surface area (Å²) in [7, 11) is 1.46. The van der Waals surface area contributed by atoms with E-state index >= 15 is 0 Å². The second-order valence-corrected chi connectivity index (χ2v) is 16.8. The van der Waals surface area contributed by atoms with Gasteiger partial charge < -0.3 is 55.0 Å². The fraction of sp³-hybridized carbons (Fsp3) is 0.467. The van der Waals surface area contributed by atoms with Crippen molar-refractivity contribution in [2.75, 3.05) is 30.4 Å². The quantitative estimate of drug-likeness (QED) is 0.119. The van der Waals surface area contributed by atoms with Gasteiger partial charge in [0.15, 0.2) is 22.4 Å². The summed E-state index contributed by atoms with van der Waals surface area (Å²) in [4.78, 5) is 49.2. The average Bonchev–Trinajstić information content (AvgIpc) is 3.47. The number of carbonyl (C=O) groups is 1. The Kier molecular flexibility index (Phi) is 11.7. The van der Waals surface area contributed by atoms with Gasteiger partial charge >= 0.3 is 5.79 Å². The first-order chi connectivity index (χ1) is 28.4. The van der Waals surface area contributed by atoms with Crippen LogP contribution in [0.3, 0.4) is 0 Å². The number of aromatic hydroxyl groups is 1. The highest BCUT2D eigenvalue weighted by Gasteiger charge is 2.43. The van der Waals surface area contributed by atoms with E-state index in [1.807, 2.05) is 24.8 Å². The van der Waals surface area contributed by atoms with Crippen molar-refractivity contribution in [2.45, 2.75) is 97.4 Å². The van der Waals surface area contributed by atoms with Crippen LogP contribution in [0.2, 0.25) is 0 Å². The third-order valence-electron chi connectivity index (χ3n) is 12.2. The molecule has 1 aromatic heterocycles. The molecule has 7 atom stereocenters. The van der Waals surface area contributed by atoms with Crippen LogP contribution in [-0.4, -0.2) is 81.7 Å². The van der Waals surface area contributed by atoms with Crippen molar-refractivity contribution < 1.29 is 43.8 Å². The number of nitrogens with zero attached hydrogens (tertiary/aromatic N) is 2. The number of allylic oxidation sites excluding steroid dienone is 3. The summed E-state index contributed by atoms with van der Waals surface area (Å²) in [6, 6.07) is 3.17. The molecule has 320 valence electrons. The zero-order chi connectivity index (χ0) is 43.4. The van der Waals surface area contributed by atoms with E-state index in [0.29, 0.717) is 31.6 Å². The molecule has 7 rings (SSSR count). The number of carbonyl (C=O) groups excluding carboxylic acids is 1. The number of aromatic nitrogens is 1. The number of ether oxygens (including phenoxy) is 3. The first-order valence-electron chi connectivity index (χ1n) is 20.4. The van der Waals surface area contributed by atoms with Crippen molar-refractivity contribution in [3.8, 4) is 11.5 Å². The maximum Gasteiger partial charge on any atom is 0.307 e. The summed E-state index contributed by atoms with van der Waals surface area (Å²) in [6.07, 6.45) is 7.58. The van der Waals surface area contributed by atoms with Crippen molar-refractivity contribution in [1.29, 1.82) is 0 Å². The van der Waals surface area contributed by atoms with Crippen LogP contribution in [0.5, 0.6) is 11.5 Å². The summed E-state index contributed by atoms with van der Waals surface area (Å²) in [5.74, 6) is -4.11. The fourth-order valence-electron chi connectivity index (χ4n) is 8.60. The minimum atomic E-state index is -1.93. The van der Waals surface area contributed by atoms with Gasteiger partial charge in [-0.1, -0.05) is 39.0 Å². The van der Waals surface area contributed by atoms with Crippen LogP contribution < -0.4 is 36.8 Å². The minimum Gasteiger partial charge on any atom is -0.507 e. The van der Waals surface area contributed by atoms with Gasteiger partial charge in [-0.3, -0.25) is 14.4 Å². The molecule has 1 amide bonds. The van der Waals surface area contributed by atoms with Gasteiger partial charge in [0, 0.05) is 73.4 Å². The van der Waals surface area contributed by atoms with Crippen molar-refractivity contribution in [1.82, 2.24) is 4.98 Å². The summed E-state index contributed by atoms with van der Waals surface area (Å²) in [5, 5.41) is 48.2. The second-order valence-electron chi connectivity index (χ2n) is 16.8. The molecule has 3 aromatic carbocycles. The van der Waals surface area contributed by atoms with E-state index < -0.39 is 58.3 Å². The normalized spacial score (nSPS) is 29.4. The molecule has 1 fully saturated rings. The number of methoxy groups -OCH3 is 1. The zero-order valence-electron chi connectivity index (χ0n) is 34.9. The van der Waals surface area contributed by atoms with Crippen molar-refractivity contribution in [3.63, 3.8) is 0 Å². The highest BCUT2D eigenvalue weighted by Crippen LogP contribution is 2.42. The SMILES string of the molecule is CO[C@H]1/C=C/O[C@@]2(C)Oc3c(C)c(O)c4c(=O)c(c5oc6cc(N7CCC(N)CC7)cc(=O)c6nc5c4c3=C2O)NC(=O)/C(C)=C\C=C\[C@H](C)C[C@@H](C)C[C@@H](O)[C@H](O)[C@@H]1C. The number of rotatable bonds is 2. The molecular weight excluding hydrogens is 773 g/mol. The number of fused-ring (bicyclic) bond motifs is 2. The third kappa shape index (κ3) is 7.70. The predicted octanol–water partition coefficient (Wildman–Crippen LogP) is 4.70. The largest absolute Gasteiger partial charge is 0.507 e. The Morgan fingerprint density at radius 2 is 1.72 bits per heavy atom. The molecule has 60 heavy (non-hydrogen) atoms.